The number of methoxy groups -OCH3 is 1. The smallest absolute Gasteiger partial charge is 0.191 e. The molecule has 0 aliphatic heterocycles. The van der Waals surface area contributed by atoms with Gasteiger partial charge in [0.1, 0.15) is 5.75 Å². The molecule has 0 heterocycles. The maximum absolute atomic E-state index is 5.37. The highest BCUT2D eigenvalue weighted by molar-refractivity contribution is 14.0. The second kappa shape index (κ2) is 9.92. The number of halogens is 1. The lowest BCUT2D eigenvalue weighted by Gasteiger charge is -2.12. The molecular weight excluding hydrogens is 389 g/mol. The van der Waals surface area contributed by atoms with Crippen molar-refractivity contribution in [3.05, 3.63) is 29.8 Å². The van der Waals surface area contributed by atoms with Crippen molar-refractivity contribution in [2.75, 3.05) is 13.7 Å². The first-order valence-electron chi connectivity index (χ1n) is 7.95. The molecule has 2 unspecified atom stereocenters. The molecule has 0 bridgehead atoms. The van der Waals surface area contributed by atoms with Crippen LogP contribution < -0.4 is 15.4 Å². The van der Waals surface area contributed by atoms with Crippen molar-refractivity contribution in [1.29, 1.82) is 0 Å². The quantitative estimate of drug-likeness (QED) is 0.405. The first kappa shape index (κ1) is 19.1. The van der Waals surface area contributed by atoms with Crippen LogP contribution in [0.2, 0.25) is 0 Å². The second-order valence-corrected chi connectivity index (χ2v) is 5.54. The molecule has 2 N–H and O–H groups in total. The van der Waals surface area contributed by atoms with E-state index in [2.05, 4.69) is 35.5 Å². The summed E-state index contributed by atoms with van der Waals surface area (Å²) in [6, 6.07) is 8.63. The Kier molecular flexibility index (Phi) is 8.60. The van der Waals surface area contributed by atoms with Gasteiger partial charge >= 0.3 is 0 Å². The van der Waals surface area contributed by atoms with Gasteiger partial charge in [0.25, 0.3) is 0 Å². The second-order valence-electron chi connectivity index (χ2n) is 5.54. The van der Waals surface area contributed by atoms with E-state index in [4.69, 9.17) is 4.74 Å². The molecule has 1 aromatic rings. The van der Waals surface area contributed by atoms with E-state index in [-0.39, 0.29) is 24.0 Å². The zero-order chi connectivity index (χ0) is 15.1. The molecule has 0 amide bonds. The third-order valence-electron chi connectivity index (χ3n) is 3.85. The van der Waals surface area contributed by atoms with Crippen LogP contribution in [0.5, 0.6) is 5.75 Å². The highest BCUT2D eigenvalue weighted by Crippen LogP contribution is 2.34. The van der Waals surface area contributed by atoms with Crippen LogP contribution in [0.1, 0.15) is 38.7 Å². The summed E-state index contributed by atoms with van der Waals surface area (Å²) in [5, 5.41) is 6.85. The fourth-order valence-electron chi connectivity index (χ4n) is 2.61. The molecule has 0 saturated heterocycles. The van der Waals surface area contributed by atoms with Crippen molar-refractivity contribution < 1.29 is 4.74 Å². The van der Waals surface area contributed by atoms with Crippen molar-refractivity contribution in [3.63, 3.8) is 0 Å². The maximum atomic E-state index is 5.37. The van der Waals surface area contributed by atoms with E-state index in [9.17, 15) is 0 Å². The molecule has 0 aromatic heterocycles. The van der Waals surface area contributed by atoms with Crippen molar-refractivity contribution in [3.8, 4) is 5.75 Å². The van der Waals surface area contributed by atoms with E-state index in [1.807, 2.05) is 18.2 Å². The van der Waals surface area contributed by atoms with Crippen LogP contribution in [-0.4, -0.2) is 25.7 Å². The normalized spacial score (nSPS) is 20.0. The highest BCUT2D eigenvalue weighted by atomic mass is 127. The molecule has 1 fully saturated rings. The molecular formula is C17H28IN3O. The van der Waals surface area contributed by atoms with Crippen LogP contribution in [0.4, 0.5) is 0 Å². The van der Waals surface area contributed by atoms with Crippen LogP contribution in [0.3, 0.4) is 0 Å². The number of aliphatic imine (C=N–C) groups is 1. The molecule has 4 nitrogen and oxygen atoms in total. The van der Waals surface area contributed by atoms with Gasteiger partial charge in [-0.1, -0.05) is 31.5 Å². The molecule has 1 aliphatic rings. The zero-order valence-corrected chi connectivity index (χ0v) is 16.1. The summed E-state index contributed by atoms with van der Waals surface area (Å²) in [7, 11) is 1.70. The van der Waals surface area contributed by atoms with Crippen LogP contribution in [0.25, 0.3) is 0 Å². The van der Waals surface area contributed by atoms with E-state index < -0.39 is 0 Å². The predicted octanol–water partition coefficient (Wildman–Crippen LogP) is 3.56. The topological polar surface area (TPSA) is 45.7 Å². The van der Waals surface area contributed by atoms with Gasteiger partial charge in [-0.2, -0.15) is 0 Å². The number of hydrogen-bond acceptors (Lipinski definition) is 2. The lowest BCUT2D eigenvalue weighted by atomic mass is 10.2. The SMILES string of the molecule is CCCC1CC1NC(=NCc1ccccc1OC)NCC.I. The van der Waals surface area contributed by atoms with E-state index in [1.54, 1.807) is 7.11 Å². The summed E-state index contributed by atoms with van der Waals surface area (Å²) < 4.78 is 5.37. The monoisotopic (exact) mass is 417 g/mol. The summed E-state index contributed by atoms with van der Waals surface area (Å²) in [5.74, 6) is 2.63. The molecule has 2 rings (SSSR count). The molecule has 124 valence electrons. The Morgan fingerprint density at radius 2 is 2.09 bits per heavy atom. The van der Waals surface area contributed by atoms with Crippen LogP contribution in [0.15, 0.2) is 29.3 Å². The van der Waals surface area contributed by atoms with Crippen molar-refractivity contribution in [1.82, 2.24) is 10.6 Å². The summed E-state index contributed by atoms with van der Waals surface area (Å²) >= 11 is 0. The Hall–Kier alpha value is -0.980. The number of hydrogen-bond donors (Lipinski definition) is 2. The fourth-order valence-corrected chi connectivity index (χ4v) is 2.61. The molecule has 2 atom stereocenters. The highest BCUT2D eigenvalue weighted by Gasteiger charge is 2.36. The van der Waals surface area contributed by atoms with Crippen LogP contribution in [0, 0.1) is 5.92 Å². The van der Waals surface area contributed by atoms with E-state index in [0.717, 1.165) is 29.7 Å². The Morgan fingerprint density at radius 3 is 2.77 bits per heavy atom. The predicted molar refractivity (Wildman–Crippen MR) is 103 cm³/mol. The number of ether oxygens (including phenoxy) is 1. The van der Waals surface area contributed by atoms with Gasteiger partial charge in [0.05, 0.1) is 13.7 Å². The number of benzene rings is 1. The zero-order valence-electron chi connectivity index (χ0n) is 13.8. The van der Waals surface area contributed by atoms with E-state index in [1.165, 1.54) is 19.3 Å². The number of rotatable bonds is 7. The Labute approximate surface area is 151 Å². The molecule has 0 spiro atoms. The summed E-state index contributed by atoms with van der Waals surface area (Å²) in [5.41, 5.74) is 1.11. The Balaban J connectivity index is 0.00000242. The number of nitrogens with one attached hydrogen (secondary N) is 2. The third kappa shape index (κ3) is 5.66. The van der Waals surface area contributed by atoms with Crippen molar-refractivity contribution in [2.45, 2.75) is 45.7 Å². The molecule has 1 aliphatic carbocycles. The van der Waals surface area contributed by atoms with E-state index in [0.29, 0.717) is 12.6 Å². The number of nitrogens with zero attached hydrogens (tertiary/aromatic N) is 1. The average molecular weight is 417 g/mol. The Bertz CT molecular complexity index is 479. The minimum Gasteiger partial charge on any atom is -0.496 e. The molecule has 5 heteroatoms. The standard InChI is InChI=1S/C17H27N3O.HI/c1-4-8-13-11-15(13)20-17(18-5-2)19-12-14-9-6-7-10-16(14)21-3;/h6-7,9-10,13,15H,4-5,8,11-12H2,1-3H3,(H2,18,19,20);1H. The van der Waals surface area contributed by atoms with Crippen LogP contribution in [-0.2, 0) is 6.54 Å². The van der Waals surface area contributed by atoms with Crippen molar-refractivity contribution >= 4 is 29.9 Å². The summed E-state index contributed by atoms with van der Waals surface area (Å²) in [4.78, 5) is 4.68. The maximum Gasteiger partial charge on any atom is 0.191 e. The van der Waals surface area contributed by atoms with Gasteiger partial charge < -0.3 is 15.4 Å². The van der Waals surface area contributed by atoms with Crippen LogP contribution >= 0.6 is 24.0 Å². The minimum atomic E-state index is 0. The molecule has 1 aromatic carbocycles. The Morgan fingerprint density at radius 1 is 1.32 bits per heavy atom. The molecule has 0 radical (unpaired) electrons. The largest absolute Gasteiger partial charge is 0.496 e. The lowest BCUT2D eigenvalue weighted by molar-refractivity contribution is 0.410. The van der Waals surface area contributed by atoms with Gasteiger partial charge in [-0.15, -0.1) is 24.0 Å². The van der Waals surface area contributed by atoms with Gasteiger partial charge in [-0.25, -0.2) is 4.99 Å². The van der Waals surface area contributed by atoms with E-state index >= 15 is 0 Å². The van der Waals surface area contributed by atoms with Gasteiger partial charge in [-0.3, -0.25) is 0 Å². The minimum absolute atomic E-state index is 0. The third-order valence-corrected chi connectivity index (χ3v) is 3.85. The number of guanidine groups is 1. The van der Waals surface area contributed by atoms with Crippen molar-refractivity contribution in [2.24, 2.45) is 10.9 Å². The average Bonchev–Trinajstić information content (AvgIpc) is 3.23. The first-order valence-corrected chi connectivity index (χ1v) is 7.95. The molecule has 1 saturated carbocycles. The van der Waals surface area contributed by atoms with Gasteiger partial charge in [0, 0.05) is 18.2 Å². The summed E-state index contributed by atoms with van der Waals surface area (Å²) in [6.45, 7) is 5.85. The first-order chi connectivity index (χ1) is 10.3. The number of para-hydroxylation sites is 1. The fraction of sp³-hybridized carbons (Fsp3) is 0.588. The molecule has 22 heavy (non-hydrogen) atoms. The van der Waals surface area contributed by atoms with Gasteiger partial charge in [-0.05, 0) is 31.7 Å². The van der Waals surface area contributed by atoms with Gasteiger partial charge in [0.2, 0.25) is 0 Å². The summed E-state index contributed by atoms with van der Waals surface area (Å²) in [6.07, 6.45) is 3.84. The van der Waals surface area contributed by atoms with Gasteiger partial charge in [0.15, 0.2) is 5.96 Å². The lowest BCUT2D eigenvalue weighted by Crippen LogP contribution is -2.39.